The van der Waals surface area contributed by atoms with Gasteiger partial charge in [-0.1, -0.05) is 18.2 Å². The number of hydrogen-bond donors (Lipinski definition) is 3. The molecule has 2 unspecified atom stereocenters. The maximum absolute atomic E-state index is 10.0. The zero-order chi connectivity index (χ0) is 15.7. The van der Waals surface area contributed by atoms with Crippen LogP contribution in [0.25, 0.3) is 0 Å². The number of methoxy groups -OCH3 is 1. The maximum Gasteiger partial charge on any atom is 0.122 e. The number of ether oxygens (including phenoxy) is 2. The zero-order valence-corrected chi connectivity index (χ0v) is 13.1. The fourth-order valence-corrected chi connectivity index (χ4v) is 1.88. The summed E-state index contributed by atoms with van der Waals surface area (Å²) in [7, 11) is 1.61. The summed E-state index contributed by atoms with van der Waals surface area (Å²) < 4.78 is 10.5. The molecule has 0 heterocycles. The van der Waals surface area contributed by atoms with Gasteiger partial charge < -0.3 is 25.0 Å². The Hall–Kier alpha value is -1.14. The van der Waals surface area contributed by atoms with Crippen LogP contribution in [-0.2, 0) is 4.74 Å². The molecule has 0 amide bonds. The Morgan fingerprint density at radius 2 is 2.05 bits per heavy atom. The molecule has 0 aromatic heterocycles. The molecule has 0 saturated carbocycles. The van der Waals surface area contributed by atoms with Gasteiger partial charge in [0, 0.05) is 33.2 Å². The maximum atomic E-state index is 10.0. The van der Waals surface area contributed by atoms with E-state index < -0.39 is 11.7 Å². The highest BCUT2D eigenvalue weighted by Gasteiger charge is 2.19. The number of aryl methyl sites for hydroxylation is 1. The Morgan fingerprint density at radius 1 is 1.33 bits per heavy atom. The average molecular weight is 297 g/mol. The van der Waals surface area contributed by atoms with Crippen molar-refractivity contribution in [1.29, 1.82) is 0 Å². The predicted molar refractivity (Wildman–Crippen MR) is 82.7 cm³/mol. The Morgan fingerprint density at radius 3 is 2.71 bits per heavy atom. The van der Waals surface area contributed by atoms with Gasteiger partial charge in [0.05, 0.1) is 5.60 Å². The molecule has 0 fully saturated rings. The molecule has 0 radical (unpaired) electrons. The highest BCUT2D eigenvalue weighted by Crippen LogP contribution is 2.16. The molecule has 120 valence electrons. The van der Waals surface area contributed by atoms with Gasteiger partial charge in [0.15, 0.2) is 0 Å². The van der Waals surface area contributed by atoms with E-state index in [0.29, 0.717) is 26.1 Å². The van der Waals surface area contributed by atoms with Crippen LogP contribution in [0.1, 0.15) is 18.9 Å². The lowest BCUT2D eigenvalue weighted by Gasteiger charge is -2.24. The summed E-state index contributed by atoms with van der Waals surface area (Å²) in [6.45, 7) is 5.21. The number of benzene rings is 1. The van der Waals surface area contributed by atoms with Crippen molar-refractivity contribution in [3.05, 3.63) is 29.8 Å². The van der Waals surface area contributed by atoms with Crippen LogP contribution in [-0.4, -0.2) is 55.3 Å². The van der Waals surface area contributed by atoms with E-state index in [-0.39, 0.29) is 6.61 Å². The summed E-state index contributed by atoms with van der Waals surface area (Å²) in [5, 5.41) is 23.0. The van der Waals surface area contributed by atoms with Crippen molar-refractivity contribution in [2.24, 2.45) is 0 Å². The van der Waals surface area contributed by atoms with Gasteiger partial charge in [-0.2, -0.15) is 0 Å². The molecule has 5 heteroatoms. The monoisotopic (exact) mass is 297 g/mol. The number of rotatable bonds is 10. The van der Waals surface area contributed by atoms with E-state index >= 15 is 0 Å². The van der Waals surface area contributed by atoms with E-state index in [4.69, 9.17) is 9.47 Å². The molecular formula is C16H27NO4. The molecule has 0 aliphatic rings. The molecule has 1 aromatic rings. The molecule has 0 aliphatic heterocycles. The third kappa shape index (κ3) is 7.43. The first-order chi connectivity index (χ1) is 9.94. The van der Waals surface area contributed by atoms with Crippen molar-refractivity contribution in [3.63, 3.8) is 0 Å². The van der Waals surface area contributed by atoms with E-state index in [0.717, 1.165) is 11.3 Å². The van der Waals surface area contributed by atoms with E-state index in [2.05, 4.69) is 5.32 Å². The van der Waals surface area contributed by atoms with E-state index in [1.54, 1.807) is 14.0 Å². The summed E-state index contributed by atoms with van der Waals surface area (Å²) >= 11 is 0. The lowest BCUT2D eigenvalue weighted by molar-refractivity contribution is 0.0208. The second kappa shape index (κ2) is 9.00. The van der Waals surface area contributed by atoms with Gasteiger partial charge in [-0.25, -0.2) is 0 Å². The van der Waals surface area contributed by atoms with Gasteiger partial charge in [-0.15, -0.1) is 0 Å². The summed E-state index contributed by atoms with van der Waals surface area (Å²) in [6, 6.07) is 7.69. The zero-order valence-electron chi connectivity index (χ0n) is 13.1. The number of para-hydroxylation sites is 1. The Bertz CT molecular complexity index is 409. The third-order valence-electron chi connectivity index (χ3n) is 3.26. The van der Waals surface area contributed by atoms with Gasteiger partial charge >= 0.3 is 0 Å². The van der Waals surface area contributed by atoms with Gasteiger partial charge in [-0.3, -0.25) is 0 Å². The Labute approximate surface area is 126 Å². The normalized spacial score (nSPS) is 15.5. The second-order valence-corrected chi connectivity index (χ2v) is 5.60. The predicted octanol–water partition coefficient (Wildman–Crippen LogP) is 1.11. The molecule has 0 saturated heterocycles. The van der Waals surface area contributed by atoms with Gasteiger partial charge in [0.2, 0.25) is 0 Å². The Balaban J connectivity index is 2.22. The van der Waals surface area contributed by atoms with E-state index in [1.165, 1.54) is 0 Å². The molecule has 21 heavy (non-hydrogen) atoms. The molecule has 3 N–H and O–H groups in total. The smallest absolute Gasteiger partial charge is 0.122 e. The van der Waals surface area contributed by atoms with Gasteiger partial charge in [-0.05, 0) is 25.5 Å². The standard InChI is InChI=1S/C16H27NO4/c1-13-6-4-5-7-15(13)21-11-14(18)10-17-12-16(2,19)8-9-20-3/h4-7,14,17-19H,8-12H2,1-3H3. The summed E-state index contributed by atoms with van der Waals surface area (Å²) in [5.74, 6) is 0.781. The van der Waals surface area contributed by atoms with Crippen molar-refractivity contribution in [3.8, 4) is 5.75 Å². The minimum absolute atomic E-state index is 0.220. The van der Waals surface area contributed by atoms with Gasteiger partial charge in [0.1, 0.15) is 18.5 Å². The SMILES string of the molecule is COCCC(C)(O)CNCC(O)COc1ccccc1C. The van der Waals surface area contributed by atoms with Crippen LogP contribution < -0.4 is 10.1 Å². The van der Waals surface area contributed by atoms with Crippen LogP contribution in [0.5, 0.6) is 5.75 Å². The lowest BCUT2D eigenvalue weighted by atomic mass is 10.0. The first-order valence-corrected chi connectivity index (χ1v) is 7.23. The molecular weight excluding hydrogens is 270 g/mol. The van der Waals surface area contributed by atoms with Crippen LogP contribution in [0.2, 0.25) is 0 Å². The highest BCUT2D eigenvalue weighted by atomic mass is 16.5. The molecule has 1 rings (SSSR count). The first-order valence-electron chi connectivity index (χ1n) is 7.23. The highest BCUT2D eigenvalue weighted by molar-refractivity contribution is 5.31. The number of aliphatic hydroxyl groups excluding tert-OH is 1. The average Bonchev–Trinajstić information content (AvgIpc) is 2.44. The number of nitrogens with one attached hydrogen (secondary N) is 1. The lowest BCUT2D eigenvalue weighted by Crippen LogP contribution is -2.42. The quantitative estimate of drug-likeness (QED) is 0.603. The van der Waals surface area contributed by atoms with Crippen molar-refractivity contribution < 1.29 is 19.7 Å². The minimum atomic E-state index is -0.841. The molecule has 0 aliphatic carbocycles. The van der Waals surface area contributed by atoms with Crippen molar-refractivity contribution in [1.82, 2.24) is 5.32 Å². The molecule has 5 nitrogen and oxygen atoms in total. The van der Waals surface area contributed by atoms with E-state index in [1.807, 2.05) is 31.2 Å². The first kappa shape index (κ1) is 17.9. The van der Waals surface area contributed by atoms with Crippen LogP contribution >= 0.6 is 0 Å². The van der Waals surface area contributed by atoms with Crippen LogP contribution in [0, 0.1) is 6.92 Å². The van der Waals surface area contributed by atoms with Crippen LogP contribution in [0.15, 0.2) is 24.3 Å². The second-order valence-electron chi connectivity index (χ2n) is 5.60. The molecule has 0 spiro atoms. The molecule has 2 atom stereocenters. The van der Waals surface area contributed by atoms with Gasteiger partial charge in [0.25, 0.3) is 0 Å². The third-order valence-corrected chi connectivity index (χ3v) is 3.26. The van der Waals surface area contributed by atoms with Crippen molar-refractivity contribution in [2.45, 2.75) is 32.0 Å². The summed E-state index contributed by atoms with van der Waals surface area (Å²) in [5.41, 5.74) is 0.201. The Kier molecular flexibility index (Phi) is 7.67. The minimum Gasteiger partial charge on any atom is -0.491 e. The van der Waals surface area contributed by atoms with E-state index in [9.17, 15) is 10.2 Å². The molecule has 1 aromatic carbocycles. The summed E-state index contributed by atoms with van der Waals surface area (Å²) in [4.78, 5) is 0. The number of hydrogen-bond acceptors (Lipinski definition) is 5. The number of aliphatic hydroxyl groups is 2. The fraction of sp³-hybridized carbons (Fsp3) is 0.625. The van der Waals surface area contributed by atoms with Crippen LogP contribution in [0.4, 0.5) is 0 Å². The largest absolute Gasteiger partial charge is 0.491 e. The van der Waals surface area contributed by atoms with Crippen molar-refractivity contribution >= 4 is 0 Å². The topological polar surface area (TPSA) is 71.0 Å². The van der Waals surface area contributed by atoms with Crippen LogP contribution in [0.3, 0.4) is 0 Å². The molecule has 0 bridgehead atoms. The fourth-order valence-electron chi connectivity index (χ4n) is 1.88. The van der Waals surface area contributed by atoms with Crippen molar-refractivity contribution in [2.75, 3.05) is 33.4 Å². The summed E-state index contributed by atoms with van der Waals surface area (Å²) in [6.07, 6.45) is -0.0745.